The summed E-state index contributed by atoms with van der Waals surface area (Å²) in [5.41, 5.74) is 0.750. The van der Waals surface area contributed by atoms with Crippen LogP contribution in [0.15, 0.2) is 36.4 Å². The number of aromatic hydroxyl groups is 1. The van der Waals surface area contributed by atoms with Crippen LogP contribution in [0.2, 0.25) is 0 Å². The van der Waals surface area contributed by atoms with Crippen LogP contribution in [0.1, 0.15) is 0 Å². The lowest BCUT2D eigenvalue weighted by molar-refractivity contribution is -0.131. The zero-order valence-corrected chi connectivity index (χ0v) is 7.47. The van der Waals surface area contributed by atoms with Crippen molar-refractivity contribution in [1.29, 1.82) is 0 Å². The lowest BCUT2D eigenvalue weighted by Gasteiger charge is -2.02. The molecule has 0 aliphatic carbocycles. The van der Waals surface area contributed by atoms with E-state index in [4.69, 9.17) is 10.2 Å². The van der Waals surface area contributed by atoms with Gasteiger partial charge in [-0.1, -0.05) is 12.1 Å². The Morgan fingerprint density at radius 1 is 1.50 bits per heavy atom. The van der Waals surface area contributed by atoms with Gasteiger partial charge in [-0.05, 0) is 12.1 Å². The lowest BCUT2D eigenvalue weighted by atomic mass is 10.3. The number of benzene rings is 1. The molecule has 0 heterocycles. The van der Waals surface area contributed by atoms with Crippen LogP contribution in [-0.2, 0) is 4.79 Å². The largest absolute Gasteiger partial charge is 0.508 e. The maximum absolute atomic E-state index is 10.1. The summed E-state index contributed by atoms with van der Waals surface area (Å²) in [6, 6.07) is 6.62. The third-order valence-corrected chi connectivity index (χ3v) is 1.53. The lowest BCUT2D eigenvalue weighted by Crippen LogP contribution is -1.98. The molecule has 74 valence electrons. The second kappa shape index (κ2) is 4.91. The van der Waals surface area contributed by atoms with Crippen molar-refractivity contribution in [2.45, 2.75) is 0 Å². The SMILES string of the molecule is O=C(O)/C=C/CNc1cccc(O)c1. The number of carboxylic acid groups (broad SMARTS) is 1. The second-order valence-electron chi connectivity index (χ2n) is 2.67. The van der Waals surface area contributed by atoms with Crippen LogP contribution in [0.4, 0.5) is 5.69 Å². The molecule has 0 amide bonds. The fourth-order valence-electron chi connectivity index (χ4n) is 0.952. The first kappa shape index (κ1) is 10.1. The van der Waals surface area contributed by atoms with E-state index in [2.05, 4.69) is 5.32 Å². The molecule has 3 N–H and O–H groups in total. The first-order valence-electron chi connectivity index (χ1n) is 4.11. The van der Waals surface area contributed by atoms with Crippen LogP contribution in [0.5, 0.6) is 5.75 Å². The molecule has 0 saturated carbocycles. The first-order chi connectivity index (χ1) is 6.68. The molecule has 0 aliphatic heterocycles. The molecule has 0 spiro atoms. The molecule has 4 heteroatoms. The number of rotatable bonds is 4. The Bertz CT molecular complexity index is 347. The summed E-state index contributed by atoms with van der Waals surface area (Å²) in [4.78, 5) is 10.1. The van der Waals surface area contributed by atoms with E-state index in [1.807, 2.05) is 0 Å². The molecule has 1 aromatic rings. The molecule has 0 unspecified atom stereocenters. The van der Waals surface area contributed by atoms with Crippen molar-refractivity contribution in [3.05, 3.63) is 36.4 Å². The zero-order valence-electron chi connectivity index (χ0n) is 7.47. The highest BCUT2D eigenvalue weighted by molar-refractivity contribution is 5.79. The van der Waals surface area contributed by atoms with Gasteiger partial charge in [0.15, 0.2) is 0 Å². The van der Waals surface area contributed by atoms with E-state index in [9.17, 15) is 4.79 Å². The molecule has 1 aromatic carbocycles. The van der Waals surface area contributed by atoms with E-state index in [1.165, 1.54) is 6.08 Å². The normalized spacial score (nSPS) is 10.3. The number of hydrogen-bond donors (Lipinski definition) is 3. The Morgan fingerprint density at radius 3 is 2.93 bits per heavy atom. The maximum atomic E-state index is 10.1. The summed E-state index contributed by atoms with van der Waals surface area (Å²) < 4.78 is 0. The molecule has 0 atom stereocenters. The fraction of sp³-hybridized carbons (Fsp3) is 0.100. The topological polar surface area (TPSA) is 69.6 Å². The van der Waals surface area contributed by atoms with Crippen molar-refractivity contribution < 1.29 is 15.0 Å². The van der Waals surface area contributed by atoms with Gasteiger partial charge in [-0.15, -0.1) is 0 Å². The minimum absolute atomic E-state index is 0.178. The molecule has 0 aliphatic rings. The second-order valence-corrected chi connectivity index (χ2v) is 2.67. The number of hydrogen-bond acceptors (Lipinski definition) is 3. The molecule has 1 rings (SSSR count). The number of carboxylic acids is 1. The van der Waals surface area contributed by atoms with E-state index >= 15 is 0 Å². The molecule has 0 bridgehead atoms. The fourth-order valence-corrected chi connectivity index (χ4v) is 0.952. The van der Waals surface area contributed by atoms with Crippen molar-refractivity contribution >= 4 is 11.7 Å². The summed E-state index contributed by atoms with van der Waals surface area (Å²) in [5.74, 6) is -0.792. The van der Waals surface area contributed by atoms with Crippen LogP contribution < -0.4 is 5.32 Å². The van der Waals surface area contributed by atoms with Gasteiger partial charge in [-0.2, -0.15) is 0 Å². The number of anilines is 1. The predicted octanol–water partition coefficient (Wildman–Crippen LogP) is 1.44. The van der Waals surface area contributed by atoms with Crippen molar-refractivity contribution in [2.75, 3.05) is 11.9 Å². The van der Waals surface area contributed by atoms with Gasteiger partial charge < -0.3 is 15.5 Å². The van der Waals surface area contributed by atoms with Gasteiger partial charge in [-0.25, -0.2) is 4.79 Å². The highest BCUT2D eigenvalue weighted by atomic mass is 16.4. The van der Waals surface area contributed by atoms with Crippen molar-refractivity contribution in [3.8, 4) is 5.75 Å². The van der Waals surface area contributed by atoms with Crippen LogP contribution in [0.3, 0.4) is 0 Å². The molecular formula is C10H11NO3. The Hall–Kier alpha value is -1.97. The quantitative estimate of drug-likeness (QED) is 0.633. The predicted molar refractivity (Wildman–Crippen MR) is 53.4 cm³/mol. The minimum atomic E-state index is -0.970. The van der Waals surface area contributed by atoms with E-state index < -0.39 is 5.97 Å². The first-order valence-corrected chi connectivity index (χ1v) is 4.11. The summed E-state index contributed by atoms with van der Waals surface area (Å²) in [6.45, 7) is 0.412. The van der Waals surface area contributed by atoms with Gasteiger partial charge in [0.2, 0.25) is 0 Å². The Kier molecular flexibility index (Phi) is 3.55. The number of aliphatic carboxylic acids is 1. The van der Waals surface area contributed by atoms with Crippen LogP contribution in [0, 0.1) is 0 Å². The van der Waals surface area contributed by atoms with Gasteiger partial charge in [-0.3, -0.25) is 0 Å². The van der Waals surface area contributed by atoms with E-state index in [-0.39, 0.29) is 5.75 Å². The van der Waals surface area contributed by atoms with Gasteiger partial charge in [0.25, 0.3) is 0 Å². The van der Waals surface area contributed by atoms with E-state index in [0.29, 0.717) is 6.54 Å². The Balaban J connectivity index is 2.42. The highest BCUT2D eigenvalue weighted by Gasteiger charge is 1.91. The van der Waals surface area contributed by atoms with Crippen molar-refractivity contribution in [3.63, 3.8) is 0 Å². The highest BCUT2D eigenvalue weighted by Crippen LogP contribution is 2.14. The molecule has 4 nitrogen and oxygen atoms in total. The molecule has 14 heavy (non-hydrogen) atoms. The van der Waals surface area contributed by atoms with Crippen LogP contribution in [-0.4, -0.2) is 22.7 Å². The summed E-state index contributed by atoms with van der Waals surface area (Å²) in [5, 5.41) is 20.3. The third-order valence-electron chi connectivity index (χ3n) is 1.53. The molecular weight excluding hydrogens is 182 g/mol. The maximum Gasteiger partial charge on any atom is 0.328 e. The minimum Gasteiger partial charge on any atom is -0.508 e. The van der Waals surface area contributed by atoms with Gasteiger partial charge in [0.05, 0.1) is 0 Å². The molecule has 0 aromatic heterocycles. The Labute approximate surface area is 81.5 Å². The van der Waals surface area contributed by atoms with Gasteiger partial charge in [0.1, 0.15) is 5.75 Å². The molecule has 0 radical (unpaired) electrons. The molecule has 0 saturated heterocycles. The number of phenolic OH excluding ortho intramolecular Hbond substituents is 1. The van der Waals surface area contributed by atoms with Crippen LogP contribution in [0.25, 0.3) is 0 Å². The standard InChI is InChI=1S/C10H11NO3/c12-9-4-1-3-8(7-9)11-6-2-5-10(13)14/h1-5,7,11-12H,6H2,(H,13,14)/b5-2+. The smallest absolute Gasteiger partial charge is 0.328 e. The van der Waals surface area contributed by atoms with Gasteiger partial charge >= 0.3 is 5.97 Å². The average molecular weight is 193 g/mol. The summed E-state index contributed by atoms with van der Waals surface area (Å²) >= 11 is 0. The number of nitrogens with one attached hydrogen (secondary N) is 1. The van der Waals surface area contributed by atoms with Crippen molar-refractivity contribution in [1.82, 2.24) is 0 Å². The third kappa shape index (κ3) is 3.62. The number of carbonyl (C=O) groups is 1. The summed E-state index contributed by atoms with van der Waals surface area (Å²) in [6.07, 6.45) is 2.56. The van der Waals surface area contributed by atoms with Crippen molar-refractivity contribution in [2.24, 2.45) is 0 Å². The van der Waals surface area contributed by atoms with Crippen LogP contribution >= 0.6 is 0 Å². The van der Waals surface area contributed by atoms with Gasteiger partial charge in [0, 0.05) is 24.4 Å². The average Bonchev–Trinajstić information content (AvgIpc) is 2.12. The monoisotopic (exact) mass is 193 g/mol. The Morgan fingerprint density at radius 2 is 2.29 bits per heavy atom. The zero-order chi connectivity index (χ0) is 10.4. The van der Waals surface area contributed by atoms with E-state index in [0.717, 1.165) is 11.8 Å². The number of phenols is 1. The molecule has 0 fully saturated rings. The summed E-state index contributed by atoms with van der Waals surface area (Å²) in [7, 11) is 0. The van der Waals surface area contributed by atoms with E-state index in [1.54, 1.807) is 24.3 Å².